The van der Waals surface area contributed by atoms with E-state index in [9.17, 15) is 19.5 Å². The predicted molar refractivity (Wildman–Crippen MR) is 96.0 cm³/mol. The van der Waals surface area contributed by atoms with E-state index in [4.69, 9.17) is 14.2 Å². The molecule has 1 rings (SSSR count). The fourth-order valence-corrected chi connectivity index (χ4v) is 1.89. The van der Waals surface area contributed by atoms with Gasteiger partial charge in [-0.2, -0.15) is 0 Å². The summed E-state index contributed by atoms with van der Waals surface area (Å²) in [5, 5.41) is 9.22. The molecule has 0 spiro atoms. The second-order valence-corrected chi connectivity index (χ2v) is 5.68. The van der Waals surface area contributed by atoms with Crippen LogP contribution in [0.1, 0.15) is 36.5 Å². The first-order valence-corrected chi connectivity index (χ1v) is 8.33. The van der Waals surface area contributed by atoms with Gasteiger partial charge in [-0.15, -0.1) is 6.58 Å². The molecular weight excluding hydrogens is 356 g/mol. The van der Waals surface area contributed by atoms with Crippen LogP contribution in [-0.4, -0.2) is 49.9 Å². The maximum Gasteiger partial charge on any atom is 0.339 e. The summed E-state index contributed by atoms with van der Waals surface area (Å²) in [6.07, 6.45) is 0.708. The summed E-state index contributed by atoms with van der Waals surface area (Å²) in [7, 11) is 1.27. The van der Waals surface area contributed by atoms with Gasteiger partial charge in [0.25, 0.3) is 0 Å². The Hall–Kier alpha value is -2.87. The molecule has 1 aromatic rings. The second-order valence-electron chi connectivity index (χ2n) is 5.68. The Labute approximate surface area is 157 Å². The molecule has 1 N–H and O–H groups in total. The first-order chi connectivity index (χ1) is 12.8. The Morgan fingerprint density at radius 3 is 2.33 bits per heavy atom. The lowest BCUT2D eigenvalue weighted by atomic mass is 10.2. The normalized spacial score (nSPS) is 10.1. The van der Waals surface area contributed by atoms with Gasteiger partial charge < -0.3 is 24.1 Å². The number of benzene rings is 1. The largest absolute Gasteiger partial charge is 0.493 e. The zero-order valence-electron chi connectivity index (χ0n) is 15.5. The van der Waals surface area contributed by atoms with Crippen LogP contribution in [0.4, 0.5) is 0 Å². The van der Waals surface area contributed by atoms with Crippen molar-refractivity contribution in [3.63, 3.8) is 0 Å². The summed E-state index contributed by atoms with van der Waals surface area (Å²) >= 11 is 0. The molecule has 0 saturated carbocycles. The van der Waals surface area contributed by atoms with E-state index >= 15 is 0 Å². The number of carboxylic acids is 1. The number of aromatic carboxylic acids is 1. The van der Waals surface area contributed by atoms with E-state index in [2.05, 4.69) is 11.3 Å². The zero-order chi connectivity index (χ0) is 20.2. The first kappa shape index (κ1) is 22.2. The average molecular weight is 380 g/mol. The molecule has 0 aromatic heterocycles. The molecule has 0 saturated heterocycles. The second kappa shape index (κ2) is 11.7. The van der Waals surface area contributed by atoms with Gasteiger partial charge in [-0.05, 0) is 25.5 Å². The summed E-state index contributed by atoms with van der Waals surface area (Å²) in [4.78, 5) is 34.3. The van der Waals surface area contributed by atoms with Gasteiger partial charge in [-0.3, -0.25) is 9.59 Å². The summed E-state index contributed by atoms with van der Waals surface area (Å²) < 4.78 is 20.3. The predicted octanol–water partition coefficient (Wildman–Crippen LogP) is 2.61. The maximum atomic E-state index is 11.9. The molecule has 27 heavy (non-hydrogen) atoms. The van der Waals surface area contributed by atoms with E-state index in [1.807, 2.05) is 6.92 Å². The van der Waals surface area contributed by atoms with Crippen molar-refractivity contribution < 1.29 is 38.4 Å². The van der Waals surface area contributed by atoms with Gasteiger partial charge in [0.15, 0.2) is 0 Å². The van der Waals surface area contributed by atoms with Gasteiger partial charge in [0, 0.05) is 6.07 Å². The average Bonchev–Trinajstić information content (AvgIpc) is 2.60. The van der Waals surface area contributed by atoms with E-state index in [-0.39, 0.29) is 43.1 Å². The fraction of sp³-hybridized carbons (Fsp3) is 0.421. The molecule has 0 fully saturated rings. The minimum Gasteiger partial charge on any atom is -0.493 e. The van der Waals surface area contributed by atoms with Crippen molar-refractivity contribution in [2.45, 2.75) is 26.2 Å². The number of hydrogen-bond donors (Lipinski definition) is 1. The van der Waals surface area contributed by atoms with Crippen molar-refractivity contribution in [2.24, 2.45) is 0 Å². The van der Waals surface area contributed by atoms with E-state index in [0.717, 1.165) is 5.57 Å². The van der Waals surface area contributed by atoms with Crippen LogP contribution >= 0.6 is 0 Å². The standard InChI is InChI=1S/C19H24O8/c1-13(2)6-9-25-10-7-18(21)27-16-12-14(4-5-15(16)19(22)23)26-11-8-17(20)24-3/h4-5,12H,1,6-11H2,2-3H3,(H,22,23). The third kappa shape index (κ3) is 8.87. The number of ether oxygens (including phenoxy) is 4. The van der Waals surface area contributed by atoms with Crippen LogP contribution in [-0.2, 0) is 19.1 Å². The number of carboxylic acid groups (broad SMARTS) is 1. The molecule has 0 aliphatic heterocycles. The van der Waals surface area contributed by atoms with Gasteiger partial charge >= 0.3 is 17.9 Å². The highest BCUT2D eigenvalue weighted by Gasteiger charge is 2.16. The van der Waals surface area contributed by atoms with E-state index < -0.39 is 17.9 Å². The highest BCUT2D eigenvalue weighted by molar-refractivity contribution is 5.92. The monoisotopic (exact) mass is 380 g/mol. The Bertz CT molecular complexity index is 680. The molecule has 0 amide bonds. The first-order valence-electron chi connectivity index (χ1n) is 8.33. The number of esters is 2. The van der Waals surface area contributed by atoms with Crippen LogP contribution < -0.4 is 9.47 Å². The van der Waals surface area contributed by atoms with Crippen molar-refractivity contribution in [3.8, 4) is 11.5 Å². The van der Waals surface area contributed by atoms with Crippen LogP contribution in [0.15, 0.2) is 30.4 Å². The molecular formula is C19H24O8. The van der Waals surface area contributed by atoms with Gasteiger partial charge in [0.1, 0.15) is 17.1 Å². The number of carbonyl (C=O) groups excluding carboxylic acids is 2. The lowest BCUT2D eigenvalue weighted by Crippen LogP contribution is -2.14. The lowest BCUT2D eigenvalue weighted by Gasteiger charge is -2.11. The fourth-order valence-electron chi connectivity index (χ4n) is 1.89. The van der Waals surface area contributed by atoms with Crippen molar-refractivity contribution in [2.75, 3.05) is 26.9 Å². The van der Waals surface area contributed by atoms with Crippen molar-refractivity contribution in [1.29, 1.82) is 0 Å². The molecule has 0 heterocycles. The van der Waals surface area contributed by atoms with Crippen molar-refractivity contribution in [3.05, 3.63) is 35.9 Å². The molecule has 0 radical (unpaired) electrons. The molecule has 0 unspecified atom stereocenters. The summed E-state index contributed by atoms with van der Waals surface area (Å²) in [6.45, 7) is 6.28. The topological polar surface area (TPSA) is 108 Å². The maximum absolute atomic E-state index is 11.9. The van der Waals surface area contributed by atoms with Gasteiger partial charge in [0.05, 0.1) is 39.8 Å². The van der Waals surface area contributed by atoms with Crippen LogP contribution in [0.5, 0.6) is 11.5 Å². The zero-order valence-corrected chi connectivity index (χ0v) is 15.5. The van der Waals surface area contributed by atoms with Gasteiger partial charge in [0.2, 0.25) is 0 Å². The lowest BCUT2D eigenvalue weighted by molar-refractivity contribution is -0.141. The number of methoxy groups -OCH3 is 1. The van der Waals surface area contributed by atoms with E-state index in [0.29, 0.717) is 13.0 Å². The third-order valence-corrected chi connectivity index (χ3v) is 3.33. The molecule has 148 valence electrons. The molecule has 0 atom stereocenters. The minimum absolute atomic E-state index is 0.0251. The Kier molecular flexibility index (Phi) is 9.60. The molecule has 0 bridgehead atoms. The van der Waals surface area contributed by atoms with Gasteiger partial charge in [-0.1, -0.05) is 5.57 Å². The quantitative estimate of drug-likeness (QED) is 0.255. The van der Waals surface area contributed by atoms with Crippen LogP contribution in [0.2, 0.25) is 0 Å². The Balaban J connectivity index is 2.63. The van der Waals surface area contributed by atoms with Crippen molar-refractivity contribution in [1.82, 2.24) is 0 Å². The van der Waals surface area contributed by atoms with Crippen LogP contribution in [0.3, 0.4) is 0 Å². The third-order valence-electron chi connectivity index (χ3n) is 3.33. The van der Waals surface area contributed by atoms with Gasteiger partial charge in [-0.25, -0.2) is 4.79 Å². The molecule has 0 aliphatic rings. The van der Waals surface area contributed by atoms with Crippen molar-refractivity contribution >= 4 is 17.9 Å². The highest BCUT2D eigenvalue weighted by atomic mass is 16.5. The summed E-state index contributed by atoms with van der Waals surface area (Å²) in [6, 6.07) is 3.97. The molecule has 1 aromatic carbocycles. The summed E-state index contributed by atoms with van der Waals surface area (Å²) in [5.41, 5.74) is 0.805. The smallest absolute Gasteiger partial charge is 0.339 e. The minimum atomic E-state index is -1.24. The summed E-state index contributed by atoms with van der Waals surface area (Å²) in [5.74, 6) is -2.17. The van der Waals surface area contributed by atoms with E-state index in [1.165, 1.54) is 25.3 Å². The van der Waals surface area contributed by atoms with Crippen LogP contribution in [0.25, 0.3) is 0 Å². The number of rotatable bonds is 12. The Morgan fingerprint density at radius 1 is 1.04 bits per heavy atom. The molecule has 8 heteroatoms. The SMILES string of the molecule is C=C(C)CCOCCC(=O)Oc1cc(OCCC(=O)OC)ccc1C(=O)O. The van der Waals surface area contributed by atoms with Crippen LogP contribution in [0, 0.1) is 0 Å². The van der Waals surface area contributed by atoms with E-state index in [1.54, 1.807) is 0 Å². The number of carbonyl (C=O) groups is 3. The molecule has 8 nitrogen and oxygen atoms in total. The molecule has 0 aliphatic carbocycles. The highest BCUT2D eigenvalue weighted by Crippen LogP contribution is 2.25. The number of hydrogen-bond acceptors (Lipinski definition) is 7. The Morgan fingerprint density at radius 2 is 1.70 bits per heavy atom.